The van der Waals surface area contributed by atoms with Gasteiger partial charge in [-0.15, -0.1) is 11.6 Å². The number of carbonyl (C=O) groups excluding carboxylic acids is 1. The van der Waals surface area contributed by atoms with Gasteiger partial charge in [-0.2, -0.15) is 0 Å². The van der Waals surface area contributed by atoms with E-state index in [1.54, 1.807) is 0 Å². The molecule has 200 valence electrons. The predicted octanol–water partition coefficient (Wildman–Crippen LogP) is 9.49. The third kappa shape index (κ3) is 8.99. The maximum Gasteiger partial charge on any atom is 0.308 e. The maximum atomic E-state index is 11.7. The number of halogens is 1. The highest BCUT2D eigenvalue weighted by atomic mass is 35.5. The molecule has 35 heavy (non-hydrogen) atoms. The van der Waals surface area contributed by atoms with Crippen LogP contribution < -0.4 is 9.47 Å². The summed E-state index contributed by atoms with van der Waals surface area (Å²) in [6.45, 7) is 17.3. The van der Waals surface area contributed by atoms with Crippen molar-refractivity contribution in [3.05, 3.63) is 22.3 Å². The Labute approximate surface area is 220 Å². The first kappa shape index (κ1) is 30.0. The van der Waals surface area contributed by atoms with Gasteiger partial charge < -0.3 is 9.47 Å². The lowest BCUT2D eigenvalue weighted by Crippen LogP contribution is -2.37. The van der Waals surface area contributed by atoms with Gasteiger partial charge in [0.2, 0.25) is 0 Å². The lowest BCUT2D eigenvalue weighted by Gasteiger charge is -2.38. The molecule has 1 aromatic carbocycles. The summed E-state index contributed by atoms with van der Waals surface area (Å²) in [5.74, 6) is 4.06. The van der Waals surface area contributed by atoms with E-state index >= 15 is 0 Å². The van der Waals surface area contributed by atoms with Crippen LogP contribution in [0.4, 0.5) is 0 Å². The van der Waals surface area contributed by atoms with E-state index in [4.69, 9.17) is 21.1 Å². The first-order valence-corrected chi connectivity index (χ1v) is 14.6. The van der Waals surface area contributed by atoms with Gasteiger partial charge in [-0.1, -0.05) is 72.6 Å². The van der Waals surface area contributed by atoms with Gasteiger partial charge in [-0.05, 0) is 75.3 Å². The van der Waals surface area contributed by atoms with Crippen LogP contribution in [0.3, 0.4) is 0 Å². The number of rotatable bonds is 14. The zero-order valence-corrected chi connectivity index (χ0v) is 24.6. The fourth-order valence-electron chi connectivity index (χ4n) is 5.56. The van der Waals surface area contributed by atoms with Gasteiger partial charge in [0.25, 0.3) is 0 Å². The third-order valence-corrected chi connectivity index (χ3v) is 8.33. The quantitative estimate of drug-likeness (QED) is 0.143. The summed E-state index contributed by atoms with van der Waals surface area (Å²) in [7, 11) is 0. The Kier molecular flexibility index (Phi) is 11.9. The van der Waals surface area contributed by atoms with Gasteiger partial charge in [0, 0.05) is 18.1 Å². The molecule has 1 aromatic rings. The van der Waals surface area contributed by atoms with Crippen LogP contribution in [0.5, 0.6) is 11.5 Å². The molecule has 0 radical (unpaired) electrons. The van der Waals surface area contributed by atoms with Gasteiger partial charge in [-0.25, -0.2) is 0 Å². The number of benzene rings is 1. The molecule has 0 saturated heterocycles. The molecule has 0 N–H and O–H groups in total. The predicted molar refractivity (Wildman–Crippen MR) is 149 cm³/mol. The van der Waals surface area contributed by atoms with Crippen LogP contribution in [0.1, 0.15) is 128 Å². The maximum absolute atomic E-state index is 11.7. The smallest absolute Gasteiger partial charge is 0.308 e. The van der Waals surface area contributed by atoms with Crippen LogP contribution in [-0.4, -0.2) is 11.6 Å². The minimum Gasteiger partial charge on any atom is -0.487 e. The van der Waals surface area contributed by atoms with Gasteiger partial charge in [0.15, 0.2) is 0 Å². The summed E-state index contributed by atoms with van der Waals surface area (Å²) in [5, 5.41) is 0. The normalized spacial score (nSPS) is 19.3. The van der Waals surface area contributed by atoms with Crippen molar-refractivity contribution in [2.75, 3.05) is 0 Å². The number of hydrogen-bond acceptors (Lipinski definition) is 3. The molecule has 0 amide bonds. The largest absolute Gasteiger partial charge is 0.487 e. The van der Waals surface area contributed by atoms with Gasteiger partial charge in [0.05, 0.1) is 5.88 Å². The second kappa shape index (κ2) is 13.9. The molecule has 0 saturated carbocycles. The van der Waals surface area contributed by atoms with Crippen molar-refractivity contribution in [1.82, 2.24) is 0 Å². The number of esters is 1. The third-order valence-electron chi connectivity index (χ3n) is 8.06. The molecule has 0 aromatic heterocycles. The fraction of sp³-hybridized carbons (Fsp3) is 0.774. The van der Waals surface area contributed by atoms with Gasteiger partial charge >= 0.3 is 5.97 Å². The minimum absolute atomic E-state index is 0.151. The Bertz CT molecular complexity index is 831. The average Bonchev–Trinajstić information content (AvgIpc) is 2.77. The number of carbonyl (C=O) groups is 1. The molecule has 3 unspecified atom stereocenters. The molecule has 2 rings (SSSR count). The Balaban J connectivity index is 1.87. The lowest BCUT2D eigenvalue weighted by atomic mass is 9.83. The number of hydrogen-bond donors (Lipinski definition) is 0. The molecule has 4 heteroatoms. The molecule has 0 bridgehead atoms. The Morgan fingerprint density at radius 2 is 1.54 bits per heavy atom. The minimum atomic E-state index is -0.310. The molecule has 3 nitrogen and oxygen atoms in total. The average molecular weight is 507 g/mol. The number of alkyl halides is 1. The number of ether oxygens (including phenoxy) is 2. The van der Waals surface area contributed by atoms with Gasteiger partial charge in [0.1, 0.15) is 17.1 Å². The van der Waals surface area contributed by atoms with Crippen molar-refractivity contribution >= 4 is 17.6 Å². The van der Waals surface area contributed by atoms with E-state index < -0.39 is 0 Å². The highest BCUT2D eigenvalue weighted by molar-refractivity contribution is 6.17. The highest BCUT2D eigenvalue weighted by Gasteiger charge is 2.35. The monoisotopic (exact) mass is 506 g/mol. The Morgan fingerprint density at radius 1 is 0.971 bits per heavy atom. The second-order valence-corrected chi connectivity index (χ2v) is 12.3. The first-order valence-electron chi connectivity index (χ1n) is 14.1. The summed E-state index contributed by atoms with van der Waals surface area (Å²) in [4.78, 5) is 11.7. The SMILES string of the molecule is CC(=O)Oc1c(C)c(C)c2c(c1CCl)CCC(C)(CCCC(C)CCCC(C)CCCC(C)C)O2. The van der Waals surface area contributed by atoms with Crippen LogP contribution >= 0.6 is 11.6 Å². The van der Waals surface area contributed by atoms with Crippen molar-refractivity contribution in [3.8, 4) is 11.5 Å². The number of fused-ring (bicyclic) bond motifs is 1. The fourth-order valence-corrected chi connectivity index (χ4v) is 5.84. The van der Waals surface area contributed by atoms with Crippen LogP contribution in [-0.2, 0) is 17.1 Å². The van der Waals surface area contributed by atoms with E-state index in [-0.39, 0.29) is 11.6 Å². The van der Waals surface area contributed by atoms with E-state index in [0.717, 1.165) is 65.0 Å². The van der Waals surface area contributed by atoms with E-state index in [9.17, 15) is 4.79 Å². The Morgan fingerprint density at radius 3 is 2.09 bits per heavy atom. The van der Waals surface area contributed by atoms with E-state index in [1.165, 1.54) is 58.3 Å². The molecular formula is C31H51ClO3. The highest BCUT2D eigenvalue weighted by Crippen LogP contribution is 2.46. The van der Waals surface area contributed by atoms with Gasteiger partial charge in [-0.3, -0.25) is 4.79 Å². The second-order valence-electron chi connectivity index (χ2n) is 12.0. The van der Waals surface area contributed by atoms with Crippen molar-refractivity contribution in [2.45, 2.75) is 137 Å². The topological polar surface area (TPSA) is 35.5 Å². The van der Waals surface area contributed by atoms with Crippen LogP contribution in [0.2, 0.25) is 0 Å². The molecule has 1 aliphatic heterocycles. The van der Waals surface area contributed by atoms with Crippen molar-refractivity contribution in [2.24, 2.45) is 17.8 Å². The molecule has 0 fully saturated rings. The zero-order valence-electron chi connectivity index (χ0n) is 23.8. The van der Waals surface area contributed by atoms with E-state index in [2.05, 4.69) is 41.5 Å². The first-order chi connectivity index (χ1) is 16.5. The van der Waals surface area contributed by atoms with Crippen LogP contribution in [0.15, 0.2) is 0 Å². The Hall–Kier alpha value is -1.22. The van der Waals surface area contributed by atoms with E-state index in [1.807, 2.05) is 6.92 Å². The molecule has 3 atom stereocenters. The van der Waals surface area contributed by atoms with Crippen LogP contribution in [0, 0.1) is 31.6 Å². The summed E-state index contributed by atoms with van der Waals surface area (Å²) < 4.78 is 12.2. The summed E-state index contributed by atoms with van der Waals surface area (Å²) in [6.07, 6.45) is 13.6. The van der Waals surface area contributed by atoms with Crippen molar-refractivity contribution in [3.63, 3.8) is 0 Å². The molecule has 0 spiro atoms. The lowest BCUT2D eigenvalue weighted by molar-refractivity contribution is -0.132. The molecule has 1 aliphatic rings. The van der Waals surface area contributed by atoms with Crippen molar-refractivity contribution in [1.29, 1.82) is 0 Å². The standard InChI is InChI=1S/C31H51ClO3/c1-21(2)12-9-13-22(3)14-10-15-23(4)16-11-18-31(8)19-17-27-28(20-32)29(34-26(7)33)24(5)25(6)30(27)35-31/h21-23H,9-20H2,1-8H3. The van der Waals surface area contributed by atoms with Crippen LogP contribution in [0.25, 0.3) is 0 Å². The summed E-state index contributed by atoms with van der Waals surface area (Å²) >= 11 is 6.32. The molecule has 0 aliphatic carbocycles. The zero-order chi connectivity index (χ0) is 26.2. The molecule has 1 heterocycles. The summed E-state index contributed by atoms with van der Waals surface area (Å²) in [6, 6.07) is 0. The van der Waals surface area contributed by atoms with E-state index in [0.29, 0.717) is 11.6 Å². The summed E-state index contributed by atoms with van der Waals surface area (Å²) in [5.41, 5.74) is 3.89. The van der Waals surface area contributed by atoms with Crippen molar-refractivity contribution < 1.29 is 14.3 Å². The molecular weight excluding hydrogens is 456 g/mol.